The summed E-state index contributed by atoms with van der Waals surface area (Å²) in [6, 6.07) is 5.20. The number of hydrogen-bond acceptors (Lipinski definition) is 4. The van der Waals surface area contributed by atoms with E-state index in [1.807, 2.05) is 6.92 Å². The Balaban J connectivity index is 1.45. The number of alkyl halides is 3. The molecule has 0 aromatic carbocycles. The van der Waals surface area contributed by atoms with Crippen LogP contribution in [0.25, 0.3) is 17.1 Å². The van der Waals surface area contributed by atoms with Crippen molar-refractivity contribution in [1.29, 1.82) is 0 Å². The van der Waals surface area contributed by atoms with E-state index in [1.165, 1.54) is 37.7 Å². The Kier molecular flexibility index (Phi) is 4.37. The van der Waals surface area contributed by atoms with Gasteiger partial charge in [0.1, 0.15) is 5.69 Å². The van der Waals surface area contributed by atoms with Crippen LogP contribution in [0.15, 0.2) is 34.9 Å². The fraction of sp³-hybridized carbons (Fsp3) is 0.476. The topological polar surface area (TPSA) is 72.4 Å². The summed E-state index contributed by atoms with van der Waals surface area (Å²) in [4.78, 5) is 17.0. The van der Waals surface area contributed by atoms with Crippen molar-refractivity contribution in [3.05, 3.63) is 41.9 Å². The van der Waals surface area contributed by atoms with E-state index in [-0.39, 0.29) is 28.8 Å². The largest absolute Gasteiger partial charge is 0.463 e. The first-order chi connectivity index (χ1) is 14.3. The molecule has 30 heavy (non-hydrogen) atoms. The standard InChI is InChI=1S/C21H21F3N4O2/c1-11(14-8-12-4-5-13(14)7-12)25-20(29)16-10-19-26-15(17-3-2-6-30-17)9-18(21(22,23)24)28(19)27-16/h2-3,6,9-14H,4-5,7-8H2,1H3,(H,25,29)/t11-,12+,13+,14+/m0/s1. The summed E-state index contributed by atoms with van der Waals surface area (Å²) < 4.78 is 46.7. The predicted molar refractivity (Wildman–Crippen MR) is 102 cm³/mol. The Bertz CT molecular complexity index is 1090. The number of fused-ring (bicyclic) bond motifs is 3. The zero-order valence-electron chi connectivity index (χ0n) is 16.3. The Morgan fingerprint density at radius 2 is 2.13 bits per heavy atom. The highest BCUT2D eigenvalue weighted by Gasteiger charge is 2.42. The van der Waals surface area contributed by atoms with Gasteiger partial charge in [-0.15, -0.1) is 0 Å². The van der Waals surface area contributed by atoms with Gasteiger partial charge in [-0.25, -0.2) is 9.50 Å². The molecule has 0 aliphatic heterocycles. The number of nitrogens with one attached hydrogen (secondary N) is 1. The third-order valence-corrected chi connectivity index (χ3v) is 6.52. The molecule has 5 rings (SSSR count). The van der Waals surface area contributed by atoms with E-state index < -0.39 is 17.8 Å². The summed E-state index contributed by atoms with van der Waals surface area (Å²) in [5.41, 5.74) is -1.13. The lowest BCUT2D eigenvalue weighted by molar-refractivity contribution is -0.142. The SMILES string of the molecule is C[C@H](NC(=O)c1cc2nc(-c3ccco3)cc(C(F)(F)F)n2n1)[C@H]1C[C@@H]2CC[C@@H]1C2. The lowest BCUT2D eigenvalue weighted by Gasteiger charge is -2.28. The van der Waals surface area contributed by atoms with Crippen LogP contribution in [-0.4, -0.2) is 26.5 Å². The summed E-state index contributed by atoms with van der Waals surface area (Å²) in [5.74, 6) is 1.51. The fourth-order valence-corrected chi connectivity index (χ4v) is 5.13. The van der Waals surface area contributed by atoms with Crippen LogP contribution in [0.1, 0.15) is 48.8 Å². The number of hydrogen-bond donors (Lipinski definition) is 1. The predicted octanol–water partition coefficient (Wildman–Crippen LogP) is 4.56. The average Bonchev–Trinajstić information content (AvgIpc) is 3.49. The maximum absolute atomic E-state index is 13.6. The van der Waals surface area contributed by atoms with Gasteiger partial charge in [-0.2, -0.15) is 18.3 Å². The van der Waals surface area contributed by atoms with Crippen molar-refractivity contribution in [1.82, 2.24) is 19.9 Å². The van der Waals surface area contributed by atoms with Crippen molar-refractivity contribution < 1.29 is 22.4 Å². The Morgan fingerprint density at radius 1 is 1.30 bits per heavy atom. The molecule has 1 N–H and O–H groups in total. The molecule has 2 aliphatic rings. The number of amides is 1. The molecule has 2 saturated carbocycles. The smallest absolute Gasteiger partial charge is 0.433 e. The maximum atomic E-state index is 13.6. The van der Waals surface area contributed by atoms with E-state index >= 15 is 0 Å². The molecule has 3 aromatic rings. The lowest BCUT2D eigenvalue weighted by atomic mass is 9.84. The van der Waals surface area contributed by atoms with Gasteiger partial charge in [-0.05, 0) is 62.1 Å². The minimum atomic E-state index is -4.67. The van der Waals surface area contributed by atoms with Crippen molar-refractivity contribution in [3.63, 3.8) is 0 Å². The second-order valence-corrected chi connectivity index (χ2v) is 8.40. The number of aromatic nitrogens is 3. The summed E-state index contributed by atoms with van der Waals surface area (Å²) in [5, 5.41) is 6.86. The molecule has 9 heteroatoms. The molecule has 3 aromatic heterocycles. The van der Waals surface area contributed by atoms with Crippen LogP contribution in [0.4, 0.5) is 13.2 Å². The lowest BCUT2D eigenvalue weighted by Crippen LogP contribution is -2.40. The molecular formula is C21H21F3N4O2. The van der Waals surface area contributed by atoms with Crippen molar-refractivity contribution in [2.45, 2.75) is 44.8 Å². The van der Waals surface area contributed by atoms with Gasteiger partial charge < -0.3 is 9.73 Å². The van der Waals surface area contributed by atoms with E-state index in [0.29, 0.717) is 16.4 Å². The quantitative estimate of drug-likeness (QED) is 0.674. The number of halogens is 3. The fourth-order valence-electron chi connectivity index (χ4n) is 5.13. The first-order valence-electron chi connectivity index (χ1n) is 10.1. The zero-order valence-corrected chi connectivity index (χ0v) is 16.3. The summed E-state index contributed by atoms with van der Waals surface area (Å²) in [6.45, 7) is 1.97. The van der Waals surface area contributed by atoms with Crippen molar-refractivity contribution >= 4 is 11.6 Å². The number of rotatable bonds is 4. The van der Waals surface area contributed by atoms with Crippen LogP contribution >= 0.6 is 0 Å². The normalized spacial score (nSPS) is 24.5. The third kappa shape index (κ3) is 3.26. The minimum Gasteiger partial charge on any atom is -0.463 e. The van der Waals surface area contributed by atoms with Gasteiger partial charge in [0.05, 0.1) is 6.26 Å². The van der Waals surface area contributed by atoms with Crippen molar-refractivity contribution in [2.24, 2.45) is 17.8 Å². The van der Waals surface area contributed by atoms with Crippen LogP contribution in [0, 0.1) is 17.8 Å². The van der Waals surface area contributed by atoms with Gasteiger partial charge in [0.15, 0.2) is 22.8 Å². The van der Waals surface area contributed by atoms with Crippen LogP contribution < -0.4 is 5.32 Å². The first kappa shape index (κ1) is 19.1. The van der Waals surface area contributed by atoms with Crippen molar-refractivity contribution in [3.8, 4) is 11.5 Å². The van der Waals surface area contributed by atoms with Crippen LogP contribution in [0.5, 0.6) is 0 Å². The van der Waals surface area contributed by atoms with Gasteiger partial charge in [0, 0.05) is 12.1 Å². The van der Waals surface area contributed by atoms with E-state index in [2.05, 4.69) is 15.4 Å². The third-order valence-electron chi connectivity index (χ3n) is 6.52. The molecule has 2 aliphatic carbocycles. The van der Waals surface area contributed by atoms with Gasteiger partial charge in [0.25, 0.3) is 5.91 Å². The Hall–Kier alpha value is -2.84. The first-order valence-corrected chi connectivity index (χ1v) is 10.1. The average molecular weight is 418 g/mol. The molecule has 0 spiro atoms. The Labute approximate surface area is 170 Å². The van der Waals surface area contributed by atoms with Gasteiger partial charge in [-0.3, -0.25) is 4.79 Å². The highest BCUT2D eigenvalue weighted by atomic mass is 19.4. The maximum Gasteiger partial charge on any atom is 0.433 e. The summed E-state index contributed by atoms with van der Waals surface area (Å²) in [7, 11) is 0. The molecule has 3 heterocycles. The summed E-state index contributed by atoms with van der Waals surface area (Å²) >= 11 is 0. The minimum absolute atomic E-state index is 0.0297. The van der Waals surface area contributed by atoms with Crippen LogP contribution in [0.3, 0.4) is 0 Å². The van der Waals surface area contributed by atoms with Crippen molar-refractivity contribution in [2.75, 3.05) is 0 Å². The highest BCUT2D eigenvalue weighted by molar-refractivity contribution is 5.93. The number of nitrogens with zero attached hydrogens (tertiary/aromatic N) is 3. The number of carbonyl (C=O) groups is 1. The Morgan fingerprint density at radius 3 is 2.77 bits per heavy atom. The molecule has 4 atom stereocenters. The van der Waals surface area contributed by atoms with E-state index in [9.17, 15) is 18.0 Å². The molecule has 2 bridgehead atoms. The molecular weight excluding hydrogens is 397 g/mol. The number of carbonyl (C=O) groups excluding carboxylic acids is 1. The molecule has 158 valence electrons. The second kappa shape index (κ2) is 6.85. The molecule has 0 unspecified atom stereocenters. The van der Waals surface area contributed by atoms with Gasteiger partial charge >= 0.3 is 6.18 Å². The van der Waals surface area contributed by atoms with E-state index in [1.54, 1.807) is 6.07 Å². The van der Waals surface area contributed by atoms with Gasteiger partial charge in [0.2, 0.25) is 0 Å². The number of furan rings is 1. The summed E-state index contributed by atoms with van der Waals surface area (Å²) in [6.07, 6.45) is 1.47. The second-order valence-electron chi connectivity index (χ2n) is 8.40. The molecule has 0 radical (unpaired) electrons. The monoisotopic (exact) mass is 418 g/mol. The van der Waals surface area contributed by atoms with Crippen LogP contribution in [0.2, 0.25) is 0 Å². The van der Waals surface area contributed by atoms with Gasteiger partial charge in [-0.1, -0.05) is 6.42 Å². The van der Waals surface area contributed by atoms with E-state index in [4.69, 9.17) is 4.42 Å². The van der Waals surface area contributed by atoms with E-state index in [0.717, 1.165) is 18.4 Å². The molecule has 6 nitrogen and oxygen atoms in total. The van der Waals surface area contributed by atoms with Crippen LogP contribution in [-0.2, 0) is 6.18 Å². The zero-order chi connectivity index (χ0) is 21.0. The molecule has 0 saturated heterocycles. The molecule has 2 fully saturated rings. The highest BCUT2D eigenvalue weighted by Crippen LogP contribution is 2.49. The molecule has 1 amide bonds.